The lowest BCUT2D eigenvalue weighted by Crippen LogP contribution is -2.44. The maximum atomic E-state index is 12.2. The van der Waals surface area contributed by atoms with Crippen LogP contribution < -0.4 is 10.6 Å². The summed E-state index contributed by atoms with van der Waals surface area (Å²) >= 11 is 0. The summed E-state index contributed by atoms with van der Waals surface area (Å²) in [5.41, 5.74) is 1.48. The summed E-state index contributed by atoms with van der Waals surface area (Å²) in [6.07, 6.45) is 0.399. The number of hydrogen-bond acceptors (Lipinski definition) is 6. The minimum Gasteiger partial charge on any atom is -0.467 e. The number of benzene rings is 1. The molecule has 0 bridgehead atoms. The molecule has 1 aromatic rings. The van der Waals surface area contributed by atoms with Gasteiger partial charge in [0, 0.05) is 5.56 Å². The van der Waals surface area contributed by atoms with E-state index in [2.05, 4.69) is 36.1 Å². The largest absolute Gasteiger partial charge is 0.467 e. The van der Waals surface area contributed by atoms with Gasteiger partial charge in [0.05, 0.1) is 7.11 Å². The van der Waals surface area contributed by atoms with Crippen LogP contribution in [0.2, 0.25) is 0 Å². The van der Waals surface area contributed by atoms with Gasteiger partial charge in [-0.25, -0.2) is 4.79 Å². The van der Waals surface area contributed by atoms with Gasteiger partial charge in [-0.15, -0.1) is 0 Å². The smallest absolute Gasteiger partial charge is 0.328 e. The lowest BCUT2D eigenvalue weighted by molar-refractivity contribution is -0.149. The van der Waals surface area contributed by atoms with Gasteiger partial charge >= 0.3 is 11.9 Å². The topological polar surface area (TPSA) is 111 Å². The lowest BCUT2D eigenvalue weighted by atomic mass is 9.87. The van der Waals surface area contributed by atoms with Gasteiger partial charge in [-0.05, 0) is 35.4 Å². The van der Waals surface area contributed by atoms with E-state index in [0.29, 0.717) is 12.0 Å². The fourth-order valence-electron chi connectivity index (χ4n) is 2.64. The summed E-state index contributed by atoms with van der Waals surface area (Å²) < 4.78 is 9.52. The minimum atomic E-state index is -0.808. The molecule has 30 heavy (non-hydrogen) atoms. The molecule has 166 valence electrons. The minimum absolute atomic E-state index is 0.0264. The van der Waals surface area contributed by atoms with Crippen molar-refractivity contribution in [1.82, 2.24) is 10.6 Å². The molecule has 0 heterocycles. The van der Waals surface area contributed by atoms with Crippen LogP contribution in [0.5, 0.6) is 0 Å². The molecule has 0 saturated carbocycles. The zero-order valence-electron chi connectivity index (χ0n) is 18.5. The first-order valence-electron chi connectivity index (χ1n) is 9.85. The van der Waals surface area contributed by atoms with E-state index in [-0.39, 0.29) is 17.9 Å². The standard InChI is InChI=1S/C22H32N2O6/c1-14(2)11-17(21(28)29-6)24-18(25)13-30-19(26)12-23-20(27)15-7-9-16(10-8-15)22(3,4)5/h7-10,14,17H,11-13H2,1-6H3,(H,23,27)(H,24,25)/t17-/m1/s1. The highest BCUT2D eigenvalue weighted by Crippen LogP contribution is 2.22. The van der Waals surface area contributed by atoms with Crippen LogP contribution in [0.25, 0.3) is 0 Å². The van der Waals surface area contributed by atoms with Crippen molar-refractivity contribution in [3.05, 3.63) is 35.4 Å². The van der Waals surface area contributed by atoms with Gasteiger partial charge < -0.3 is 20.1 Å². The highest BCUT2D eigenvalue weighted by molar-refractivity contribution is 5.96. The fraction of sp³-hybridized carbons (Fsp3) is 0.545. The monoisotopic (exact) mass is 420 g/mol. The first-order chi connectivity index (χ1) is 13.9. The van der Waals surface area contributed by atoms with Crippen LogP contribution in [0.3, 0.4) is 0 Å². The van der Waals surface area contributed by atoms with Gasteiger partial charge in [-0.3, -0.25) is 14.4 Å². The van der Waals surface area contributed by atoms with Gasteiger partial charge in [-0.1, -0.05) is 46.8 Å². The van der Waals surface area contributed by atoms with Crippen molar-refractivity contribution >= 4 is 23.8 Å². The molecule has 0 aromatic heterocycles. The van der Waals surface area contributed by atoms with Gasteiger partial charge in [0.15, 0.2) is 6.61 Å². The molecular weight excluding hydrogens is 388 g/mol. The average Bonchev–Trinajstić information content (AvgIpc) is 2.68. The first-order valence-corrected chi connectivity index (χ1v) is 9.85. The predicted octanol–water partition coefficient (Wildman–Crippen LogP) is 1.96. The second kappa shape index (κ2) is 11.3. The molecule has 0 fully saturated rings. The molecule has 0 spiro atoms. The second-order valence-corrected chi connectivity index (χ2v) is 8.44. The van der Waals surface area contributed by atoms with E-state index in [9.17, 15) is 19.2 Å². The van der Waals surface area contributed by atoms with Crippen LogP contribution in [0.4, 0.5) is 0 Å². The number of nitrogens with one attached hydrogen (secondary N) is 2. The lowest BCUT2D eigenvalue weighted by Gasteiger charge is -2.19. The van der Waals surface area contributed by atoms with E-state index in [1.165, 1.54) is 7.11 Å². The molecule has 1 aromatic carbocycles. The Hall–Kier alpha value is -2.90. The van der Waals surface area contributed by atoms with Gasteiger partial charge in [0.2, 0.25) is 0 Å². The zero-order valence-corrected chi connectivity index (χ0v) is 18.5. The number of hydrogen-bond donors (Lipinski definition) is 2. The average molecular weight is 421 g/mol. The van der Waals surface area contributed by atoms with Crippen molar-refractivity contribution in [1.29, 1.82) is 0 Å². The van der Waals surface area contributed by atoms with Crippen molar-refractivity contribution in [3.63, 3.8) is 0 Å². The number of carbonyl (C=O) groups excluding carboxylic acids is 4. The highest BCUT2D eigenvalue weighted by atomic mass is 16.5. The fourth-order valence-corrected chi connectivity index (χ4v) is 2.64. The second-order valence-electron chi connectivity index (χ2n) is 8.44. The van der Waals surface area contributed by atoms with Crippen LogP contribution in [0.1, 0.15) is 57.0 Å². The third-order valence-corrected chi connectivity index (χ3v) is 4.30. The number of ether oxygens (including phenoxy) is 2. The molecule has 0 aliphatic rings. The van der Waals surface area contributed by atoms with Crippen molar-refractivity contribution in [2.24, 2.45) is 5.92 Å². The number of carbonyl (C=O) groups is 4. The molecule has 2 amide bonds. The molecule has 8 heteroatoms. The Kier molecular flexibility index (Phi) is 9.49. The van der Waals surface area contributed by atoms with Crippen molar-refractivity contribution in [2.45, 2.75) is 52.5 Å². The number of esters is 2. The van der Waals surface area contributed by atoms with Gasteiger partial charge in [0.25, 0.3) is 11.8 Å². The first kappa shape index (κ1) is 25.1. The third-order valence-electron chi connectivity index (χ3n) is 4.30. The van der Waals surface area contributed by atoms with E-state index < -0.39 is 36.4 Å². The molecule has 0 radical (unpaired) electrons. The van der Waals surface area contributed by atoms with Crippen molar-refractivity contribution in [3.8, 4) is 0 Å². The Morgan fingerprint density at radius 1 is 1.03 bits per heavy atom. The van der Waals surface area contributed by atoms with Crippen LogP contribution in [-0.4, -0.2) is 50.1 Å². The maximum absolute atomic E-state index is 12.2. The Morgan fingerprint density at radius 3 is 2.13 bits per heavy atom. The molecule has 1 atom stereocenters. The van der Waals surface area contributed by atoms with Crippen molar-refractivity contribution < 1.29 is 28.7 Å². The molecule has 2 N–H and O–H groups in total. The molecule has 8 nitrogen and oxygen atoms in total. The van der Waals surface area contributed by atoms with Crippen LogP contribution in [0.15, 0.2) is 24.3 Å². The van der Waals surface area contributed by atoms with E-state index in [0.717, 1.165) is 5.56 Å². The van der Waals surface area contributed by atoms with Gasteiger partial charge in [-0.2, -0.15) is 0 Å². The highest BCUT2D eigenvalue weighted by Gasteiger charge is 2.23. The van der Waals surface area contributed by atoms with E-state index in [1.54, 1.807) is 12.1 Å². The Bertz CT molecular complexity index is 750. The predicted molar refractivity (Wildman–Crippen MR) is 112 cm³/mol. The molecule has 0 saturated heterocycles. The number of amides is 2. The van der Waals surface area contributed by atoms with Gasteiger partial charge in [0.1, 0.15) is 12.6 Å². The Morgan fingerprint density at radius 2 is 1.63 bits per heavy atom. The summed E-state index contributed by atoms with van der Waals surface area (Å²) in [6, 6.07) is 6.31. The van der Waals surface area contributed by atoms with Crippen LogP contribution >= 0.6 is 0 Å². The van der Waals surface area contributed by atoms with E-state index >= 15 is 0 Å². The molecule has 0 aliphatic carbocycles. The molecule has 0 unspecified atom stereocenters. The summed E-state index contributed by atoms with van der Waals surface area (Å²) in [5.74, 6) is -2.20. The van der Waals surface area contributed by atoms with E-state index in [1.807, 2.05) is 26.0 Å². The summed E-state index contributed by atoms with van der Waals surface area (Å²) in [5, 5.41) is 4.94. The number of methoxy groups -OCH3 is 1. The van der Waals surface area contributed by atoms with Crippen LogP contribution in [0, 0.1) is 5.92 Å². The van der Waals surface area contributed by atoms with E-state index in [4.69, 9.17) is 4.74 Å². The molecular formula is C22H32N2O6. The summed E-state index contributed by atoms with van der Waals surface area (Å²) in [7, 11) is 1.24. The Labute approximate surface area is 177 Å². The van der Waals surface area contributed by atoms with Crippen LogP contribution in [-0.2, 0) is 29.3 Å². The SMILES string of the molecule is COC(=O)[C@@H](CC(C)C)NC(=O)COC(=O)CNC(=O)c1ccc(C(C)(C)C)cc1. The molecule has 1 rings (SSSR count). The Balaban J connectivity index is 2.46. The number of rotatable bonds is 9. The quantitative estimate of drug-likeness (QED) is 0.591. The van der Waals surface area contributed by atoms with Crippen molar-refractivity contribution in [2.75, 3.05) is 20.3 Å². The summed E-state index contributed by atoms with van der Waals surface area (Å²) in [6.45, 7) is 9.10. The zero-order chi connectivity index (χ0) is 22.9. The molecule has 0 aliphatic heterocycles. The maximum Gasteiger partial charge on any atom is 0.328 e. The summed E-state index contributed by atoms with van der Waals surface area (Å²) in [4.78, 5) is 47.6. The normalized spacial score (nSPS) is 12.1. The third kappa shape index (κ3) is 8.63.